The Labute approximate surface area is 89.8 Å². The number of sulfonamides is 1. The summed E-state index contributed by atoms with van der Waals surface area (Å²) in [5.74, 6) is 0.746. The Morgan fingerprint density at radius 3 is 2.87 bits per heavy atom. The Hall–Kier alpha value is -1.14. The average molecular weight is 229 g/mol. The molecule has 0 atom stereocenters. The van der Waals surface area contributed by atoms with Gasteiger partial charge in [-0.3, -0.25) is 0 Å². The first-order valence-corrected chi connectivity index (χ1v) is 6.36. The Balaban J connectivity index is 2.32. The van der Waals surface area contributed by atoms with Crippen LogP contribution >= 0.6 is 0 Å². The average Bonchev–Trinajstić information content (AvgIpc) is 2.11. The van der Waals surface area contributed by atoms with Gasteiger partial charge in [-0.2, -0.15) is 0 Å². The van der Waals surface area contributed by atoms with E-state index in [1.54, 1.807) is 6.20 Å². The molecule has 0 aliphatic carbocycles. The first-order valence-electron chi connectivity index (χ1n) is 4.64. The zero-order valence-corrected chi connectivity index (χ0v) is 9.42. The zero-order valence-electron chi connectivity index (χ0n) is 8.60. The van der Waals surface area contributed by atoms with Gasteiger partial charge in [0.15, 0.2) is 0 Å². The standard InChI is InChI=1S/C9H15N3O2S/c1-8-3-5-12-9(7-8)11-4-2-6-15(10,13)14/h3,5,7H,2,4,6H2,1H3,(H,11,12)(H2,10,13,14). The largest absolute Gasteiger partial charge is 0.370 e. The van der Waals surface area contributed by atoms with Gasteiger partial charge >= 0.3 is 0 Å². The summed E-state index contributed by atoms with van der Waals surface area (Å²) < 4.78 is 21.3. The molecule has 0 saturated heterocycles. The molecule has 5 nitrogen and oxygen atoms in total. The quantitative estimate of drug-likeness (QED) is 0.719. The number of nitrogens with zero attached hydrogens (tertiary/aromatic N) is 1. The van der Waals surface area contributed by atoms with Crippen LogP contribution in [0.25, 0.3) is 0 Å². The molecule has 1 heterocycles. The summed E-state index contributed by atoms with van der Waals surface area (Å²) in [4.78, 5) is 4.08. The van der Waals surface area contributed by atoms with Gasteiger partial charge in [0.05, 0.1) is 5.75 Å². The molecule has 0 bridgehead atoms. The smallest absolute Gasteiger partial charge is 0.209 e. The van der Waals surface area contributed by atoms with Crippen LogP contribution in [0.2, 0.25) is 0 Å². The Bertz CT molecular complexity index is 417. The molecule has 0 aromatic carbocycles. The lowest BCUT2D eigenvalue weighted by Crippen LogP contribution is -2.18. The van der Waals surface area contributed by atoms with Crippen molar-refractivity contribution < 1.29 is 8.42 Å². The Morgan fingerprint density at radius 2 is 2.27 bits per heavy atom. The minimum Gasteiger partial charge on any atom is -0.370 e. The minimum absolute atomic E-state index is 0.00812. The van der Waals surface area contributed by atoms with Crippen molar-refractivity contribution in [3.05, 3.63) is 23.9 Å². The second-order valence-electron chi connectivity index (χ2n) is 3.37. The summed E-state index contributed by atoms with van der Waals surface area (Å²) in [7, 11) is -3.35. The molecule has 1 aromatic heterocycles. The summed E-state index contributed by atoms with van der Waals surface area (Å²) >= 11 is 0. The molecule has 0 spiro atoms. The highest BCUT2D eigenvalue weighted by Crippen LogP contribution is 2.04. The number of nitrogens with two attached hydrogens (primary N) is 1. The predicted molar refractivity (Wildman–Crippen MR) is 60.1 cm³/mol. The summed E-state index contributed by atoms with van der Waals surface area (Å²) in [6, 6.07) is 3.80. The van der Waals surface area contributed by atoms with Crippen LogP contribution in [0.15, 0.2) is 18.3 Å². The lowest BCUT2D eigenvalue weighted by molar-refractivity contribution is 0.595. The van der Waals surface area contributed by atoms with Crippen molar-refractivity contribution in [1.29, 1.82) is 0 Å². The van der Waals surface area contributed by atoms with Gasteiger partial charge in [-0.25, -0.2) is 18.5 Å². The summed E-state index contributed by atoms with van der Waals surface area (Å²) in [6.45, 7) is 2.52. The maximum Gasteiger partial charge on any atom is 0.209 e. The van der Waals surface area contributed by atoms with Crippen LogP contribution in [-0.2, 0) is 10.0 Å². The van der Waals surface area contributed by atoms with Gasteiger partial charge in [-0.1, -0.05) is 0 Å². The molecule has 0 amide bonds. The van der Waals surface area contributed by atoms with Gasteiger partial charge in [0.2, 0.25) is 10.0 Å². The minimum atomic E-state index is -3.35. The third-order valence-corrected chi connectivity index (χ3v) is 2.68. The van der Waals surface area contributed by atoms with E-state index >= 15 is 0 Å². The van der Waals surface area contributed by atoms with Gasteiger partial charge < -0.3 is 5.32 Å². The van der Waals surface area contributed by atoms with Gasteiger partial charge in [-0.05, 0) is 31.0 Å². The number of anilines is 1. The van der Waals surface area contributed by atoms with E-state index < -0.39 is 10.0 Å². The van der Waals surface area contributed by atoms with Crippen LogP contribution in [0, 0.1) is 6.92 Å². The normalized spacial score (nSPS) is 11.3. The highest BCUT2D eigenvalue weighted by Gasteiger charge is 2.01. The van der Waals surface area contributed by atoms with Crippen molar-refractivity contribution in [3.63, 3.8) is 0 Å². The summed E-state index contributed by atoms with van der Waals surface area (Å²) in [6.07, 6.45) is 2.19. The van der Waals surface area contributed by atoms with Gasteiger partial charge in [0, 0.05) is 12.7 Å². The molecule has 84 valence electrons. The fourth-order valence-electron chi connectivity index (χ4n) is 1.12. The SMILES string of the molecule is Cc1ccnc(NCCCS(N)(=O)=O)c1. The molecule has 0 fully saturated rings. The second kappa shape index (κ2) is 5.09. The molecule has 0 unspecified atom stereocenters. The number of primary sulfonamides is 1. The topological polar surface area (TPSA) is 85.1 Å². The number of aromatic nitrogens is 1. The molecule has 1 rings (SSSR count). The molecule has 1 aromatic rings. The van der Waals surface area contributed by atoms with Gasteiger partial charge in [0.25, 0.3) is 0 Å². The molecule has 0 aliphatic heterocycles. The van der Waals surface area contributed by atoms with Crippen molar-refractivity contribution >= 4 is 15.8 Å². The number of rotatable bonds is 5. The fraction of sp³-hybridized carbons (Fsp3) is 0.444. The van der Waals surface area contributed by atoms with E-state index in [4.69, 9.17) is 5.14 Å². The van der Waals surface area contributed by atoms with Crippen LogP contribution in [0.3, 0.4) is 0 Å². The predicted octanol–water partition coefficient (Wildman–Crippen LogP) is 0.481. The Morgan fingerprint density at radius 1 is 1.53 bits per heavy atom. The van der Waals surface area contributed by atoms with Gasteiger partial charge in [0.1, 0.15) is 5.82 Å². The van der Waals surface area contributed by atoms with E-state index in [0.717, 1.165) is 11.4 Å². The van der Waals surface area contributed by atoms with Crippen LogP contribution < -0.4 is 10.5 Å². The molecular weight excluding hydrogens is 214 g/mol. The maximum atomic E-state index is 10.6. The van der Waals surface area contributed by atoms with Crippen molar-refractivity contribution in [2.75, 3.05) is 17.6 Å². The van der Waals surface area contributed by atoms with Crippen LogP contribution in [0.1, 0.15) is 12.0 Å². The molecule has 15 heavy (non-hydrogen) atoms. The first kappa shape index (κ1) is 11.9. The van der Waals surface area contributed by atoms with E-state index in [1.807, 2.05) is 19.1 Å². The number of pyridine rings is 1. The summed E-state index contributed by atoms with van der Waals surface area (Å²) in [5.41, 5.74) is 1.11. The second-order valence-corrected chi connectivity index (χ2v) is 5.10. The number of nitrogens with one attached hydrogen (secondary N) is 1. The van der Waals surface area contributed by atoms with E-state index in [1.165, 1.54) is 0 Å². The molecule has 3 N–H and O–H groups in total. The number of hydrogen-bond acceptors (Lipinski definition) is 4. The maximum absolute atomic E-state index is 10.6. The molecule has 0 saturated carbocycles. The van der Waals surface area contributed by atoms with Gasteiger partial charge in [-0.15, -0.1) is 0 Å². The van der Waals surface area contributed by atoms with E-state index in [2.05, 4.69) is 10.3 Å². The third kappa shape index (κ3) is 5.34. The Kier molecular flexibility index (Phi) is 4.05. The lowest BCUT2D eigenvalue weighted by Gasteiger charge is -2.04. The number of aryl methyl sites for hydroxylation is 1. The highest BCUT2D eigenvalue weighted by molar-refractivity contribution is 7.89. The number of hydrogen-bond donors (Lipinski definition) is 2. The zero-order chi connectivity index (χ0) is 11.3. The van der Waals surface area contributed by atoms with E-state index in [-0.39, 0.29) is 5.75 Å². The van der Waals surface area contributed by atoms with Crippen LogP contribution in [0.4, 0.5) is 5.82 Å². The monoisotopic (exact) mass is 229 g/mol. The van der Waals surface area contributed by atoms with Crippen LogP contribution in [0.5, 0.6) is 0 Å². The first-order chi connectivity index (χ1) is 6.97. The molecular formula is C9H15N3O2S. The molecule has 0 radical (unpaired) electrons. The van der Waals surface area contributed by atoms with E-state index in [9.17, 15) is 8.42 Å². The van der Waals surface area contributed by atoms with Crippen molar-refractivity contribution in [2.45, 2.75) is 13.3 Å². The van der Waals surface area contributed by atoms with Crippen molar-refractivity contribution in [1.82, 2.24) is 4.98 Å². The fourth-order valence-corrected chi connectivity index (χ4v) is 1.67. The summed E-state index contributed by atoms with van der Waals surface area (Å²) in [5, 5.41) is 7.89. The van der Waals surface area contributed by atoms with E-state index in [0.29, 0.717) is 13.0 Å². The van der Waals surface area contributed by atoms with Crippen molar-refractivity contribution in [3.8, 4) is 0 Å². The third-order valence-electron chi connectivity index (χ3n) is 1.83. The lowest BCUT2D eigenvalue weighted by atomic mass is 10.3. The van der Waals surface area contributed by atoms with Crippen molar-refractivity contribution in [2.24, 2.45) is 5.14 Å². The molecule has 6 heteroatoms. The highest BCUT2D eigenvalue weighted by atomic mass is 32.2. The molecule has 0 aliphatic rings. The van der Waals surface area contributed by atoms with Crippen LogP contribution in [-0.4, -0.2) is 25.7 Å².